The summed E-state index contributed by atoms with van der Waals surface area (Å²) < 4.78 is 2.50. The van der Waals surface area contributed by atoms with Gasteiger partial charge in [0, 0.05) is 14.2 Å². The quantitative estimate of drug-likeness (QED) is 0.752. The van der Waals surface area contributed by atoms with E-state index in [1.54, 1.807) is 22.3 Å². The van der Waals surface area contributed by atoms with Crippen LogP contribution in [0.3, 0.4) is 0 Å². The Kier molecular flexibility index (Phi) is 4.08. The summed E-state index contributed by atoms with van der Waals surface area (Å²) >= 11 is 5.05. The molecule has 0 radical (unpaired) electrons. The summed E-state index contributed by atoms with van der Waals surface area (Å²) in [6, 6.07) is 7.53. The maximum atomic E-state index is 12.5. The van der Waals surface area contributed by atoms with Gasteiger partial charge in [0.2, 0.25) is 0 Å². The van der Waals surface area contributed by atoms with Crippen molar-refractivity contribution >= 4 is 38.9 Å². The highest BCUT2D eigenvalue weighted by molar-refractivity contribution is 9.10. The summed E-state index contributed by atoms with van der Waals surface area (Å²) in [6.45, 7) is 3.94. The molecule has 1 N–H and O–H groups in total. The second-order valence-corrected chi connectivity index (χ2v) is 7.16. The number of aromatic nitrogens is 3. The van der Waals surface area contributed by atoms with Gasteiger partial charge >= 0.3 is 0 Å². The number of carbonyl (C=O) groups excluding carboxylic acids is 1. The maximum absolute atomic E-state index is 12.5. The Morgan fingerprint density at radius 1 is 1.32 bits per heavy atom. The monoisotopic (exact) mass is 376 g/mol. The molecule has 0 aliphatic heterocycles. The summed E-state index contributed by atoms with van der Waals surface area (Å²) in [5, 5.41) is 7.08. The molecule has 1 aromatic carbocycles. The minimum absolute atomic E-state index is 0.124. The van der Waals surface area contributed by atoms with E-state index in [2.05, 4.69) is 31.3 Å². The molecule has 0 atom stereocenters. The van der Waals surface area contributed by atoms with Crippen molar-refractivity contribution in [1.29, 1.82) is 0 Å². The van der Waals surface area contributed by atoms with Crippen LogP contribution in [0.25, 0.3) is 5.69 Å². The molecule has 1 amide bonds. The Bertz CT molecular complexity index is 826. The van der Waals surface area contributed by atoms with Gasteiger partial charge < -0.3 is 5.32 Å². The maximum Gasteiger partial charge on any atom is 0.256 e. The molecule has 22 heavy (non-hydrogen) atoms. The smallest absolute Gasteiger partial charge is 0.256 e. The van der Waals surface area contributed by atoms with E-state index in [-0.39, 0.29) is 5.91 Å². The third-order valence-corrected chi connectivity index (χ3v) is 4.62. The van der Waals surface area contributed by atoms with Gasteiger partial charge in [0.15, 0.2) is 0 Å². The molecular weight excluding hydrogens is 364 g/mol. The fraction of sp³-hybridized carbons (Fsp3) is 0.133. The second-order valence-electron chi connectivity index (χ2n) is 4.78. The first-order valence-corrected chi connectivity index (χ1v) is 8.18. The Labute approximate surface area is 140 Å². The highest BCUT2D eigenvalue weighted by atomic mass is 79.9. The topological polar surface area (TPSA) is 59.8 Å². The molecule has 3 rings (SSSR count). The van der Waals surface area contributed by atoms with Crippen molar-refractivity contribution in [3.63, 3.8) is 0 Å². The van der Waals surface area contributed by atoms with Gasteiger partial charge in [-0.05, 0) is 38.1 Å². The van der Waals surface area contributed by atoms with Crippen LogP contribution in [-0.2, 0) is 0 Å². The van der Waals surface area contributed by atoms with Crippen LogP contribution >= 0.6 is 27.3 Å². The van der Waals surface area contributed by atoms with E-state index in [9.17, 15) is 4.79 Å². The summed E-state index contributed by atoms with van der Waals surface area (Å²) in [5.74, 6) is -0.124. The van der Waals surface area contributed by atoms with E-state index in [0.717, 1.165) is 19.9 Å². The van der Waals surface area contributed by atoms with Gasteiger partial charge in [-0.3, -0.25) is 4.79 Å². The van der Waals surface area contributed by atoms with Crippen LogP contribution in [0.4, 0.5) is 5.69 Å². The number of nitrogens with one attached hydrogen (secondary N) is 1. The molecule has 2 aromatic heterocycles. The molecule has 0 aliphatic rings. The minimum Gasteiger partial charge on any atom is -0.320 e. The van der Waals surface area contributed by atoms with E-state index >= 15 is 0 Å². The first-order valence-electron chi connectivity index (χ1n) is 6.57. The lowest BCUT2D eigenvalue weighted by Crippen LogP contribution is -2.14. The van der Waals surface area contributed by atoms with E-state index in [4.69, 9.17) is 0 Å². The van der Waals surface area contributed by atoms with Gasteiger partial charge in [-0.25, -0.2) is 9.67 Å². The lowest BCUT2D eigenvalue weighted by molar-refractivity contribution is 0.102. The molecule has 7 heteroatoms. The van der Waals surface area contributed by atoms with E-state index in [0.29, 0.717) is 11.3 Å². The molecule has 0 unspecified atom stereocenters. The van der Waals surface area contributed by atoms with Gasteiger partial charge in [-0.2, -0.15) is 5.10 Å². The Morgan fingerprint density at radius 2 is 2.14 bits per heavy atom. The Balaban J connectivity index is 1.96. The molecular formula is C15H13BrN4OS. The van der Waals surface area contributed by atoms with Gasteiger partial charge in [0.05, 0.1) is 16.9 Å². The van der Waals surface area contributed by atoms with Crippen LogP contribution in [-0.4, -0.2) is 20.7 Å². The van der Waals surface area contributed by atoms with Gasteiger partial charge in [0.25, 0.3) is 5.91 Å². The zero-order valence-corrected chi connectivity index (χ0v) is 14.4. The molecule has 0 saturated carbocycles. The fourth-order valence-electron chi connectivity index (χ4n) is 2.19. The van der Waals surface area contributed by atoms with Crippen molar-refractivity contribution in [2.45, 2.75) is 13.8 Å². The minimum atomic E-state index is -0.124. The van der Waals surface area contributed by atoms with Crippen molar-refractivity contribution in [2.75, 3.05) is 5.32 Å². The van der Waals surface area contributed by atoms with E-state index in [1.165, 1.54) is 6.33 Å². The molecule has 0 saturated heterocycles. The first kappa shape index (κ1) is 14.9. The number of rotatable bonds is 3. The lowest BCUT2D eigenvalue weighted by Gasteiger charge is -2.11. The number of hydrogen-bond donors (Lipinski definition) is 1. The molecule has 0 bridgehead atoms. The molecule has 3 aromatic rings. The number of hydrogen-bond acceptors (Lipinski definition) is 4. The van der Waals surface area contributed by atoms with Crippen LogP contribution in [0.15, 0.2) is 41.4 Å². The van der Waals surface area contributed by atoms with Crippen molar-refractivity contribution in [1.82, 2.24) is 14.8 Å². The molecule has 0 spiro atoms. The third-order valence-electron chi connectivity index (χ3n) is 3.16. The van der Waals surface area contributed by atoms with Gasteiger partial charge in [-0.1, -0.05) is 15.9 Å². The number of anilines is 1. The van der Waals surface area contributed by atoms with Crippen LogP contribution in [0.1, 0.15) is 20.1 Å². The lowest BCUT2D eigenvalue weighted by atomic mass is 10.2. The average Bonchev–Trinajstić information content (AvgIpc) is 3.08. The predicted molar refractivity (Wildman–Crippen MR) is 90.8 cm³/mol. The molecule has 5 nitrogen and oxygen atoms in total. The summed E-state index contributed by atoms with van der Waals surface area (Å²) in [7, 11) is 0. The highest BCUT2D eigenvalue weighted by Crippen LogP contribution is 2.26. The van der Waals surface area contributed by atoms with Crippen LogP contribution in [0.2, 0.25) is 0 Å². The Morgan fingerprint density at radius 3 is 2.77 bits per heavy atom. The first-order chi connectivity index (χ1) is 10.5. The highest BCUT2D eigenvalue weighted by Gasteiger charge is 2.15. The number of thiophene rings is 1. The fourth-order valence-corrected chi connectivity index (χ4v) is 3.47. The zero-order chi connectivity index (χ0) is 15.7. The van der Waals surface area contributed by atoms with Crippen molar-refractivity contribution in [3.05, 3.63) is 56.7 Å². The summed E-state index contributed by atoms with van der Waals surface area (Å²) in [6.07, 6.45) is 3.05. The molecule has 112 valence electrons. The number of halogens is 1. The third kappa shape index (κ3) is 2.95. The van der Waals surface area contributed by atoms with Crippen molar-refractivity contribution in [3.8, 4) is 5.69 Å². The van der Waals surface area contributed by atoms with E-state index in [1.807, 2.05) is 38.1 Å². The molecule has 0 fully saturated rings. The molecule has 2 heterocycles. The van der Waals surface area contributed by atoms with Crippen LogP contribution in [0.5, 0.6) is 0 Å². The number of nitrogens with zero attached hydrogens (tertiary/aromatic N) is 3. The molecule has 0 aliphatic carbocycles. The summed E-state index contributed by atoms with van der Waals surface area (Å²) in [5.41, 5.74) is 2.14. The largest absolute Gasteiger partial charge is 0.320 e. The average molecular weight is 377 g/mol. The van der Waals surface area contributed by atoms with Crippen LogP contribution < -0.4 is 5.32 Å². The van der Waals surface area contributed by atoms with Gasteiger partial charge in [-0.15, -0.1) is 11.3 Å². The van der Waals surface area contributed by atoms with Gasteiger partial charge in [0.1, 0.15) is 12.7 Å². The van der Waals surface area contributed by atoms with Crippen molar-refractivity contribution < 1.29 is 4.79 Å². The number of amides is 1. The second kappa shape index (κ2) is 6.02. The summed E-state index contributed by atoms with van der Waals surface area (Å²) in [4.78, 5) is 18.6. The standard InChI is InChI=1S/C15H13BrN4OS/c1-9-5-12(10(2)22-9)15(21)19-13-6-11(16)3-4-14(13)20-8-17-7-18-20/h3-8H,1-2H3,(H,19,21). The SMILES string of the molecule is Cc1cc(C(=O)Nc2cc(Br)ccc2-n2cncn2)c(C)s1. The van der Waals surface area contributed by atoms with Crippen molar-refractivity contribution in [2.24, 2.45) is 0 Å². The Hall–Kier alpha value is -1.99. The van der Waals surface area contributed by atoms with E-state index < -0.39 is 0 Å². The number of aryl methyl sites for hydroxylation is 2. The zero-order valence-electron chi connectivity index (χ0n) is 12.0. The predicted octanol–water partition coefficient (Wildman–Crippen LogP) is 3.96. The number of benzene rings is 1. The normalized spacial score (nSPS) is 10.7. The number of carbonyl (C=O) groups is 1. The van der Waals surface area contributed by atoms with Crippen LogP contribution in [0, 0.1) is 13.8 Å².